The fourth-order valence-electron chi connectivity index (χ4n) is 1.35. The molecule has 0 radical (unpaired) electrons. The Bertz CT molecular complexity index is 504. The minimum Gasteiger partial charge on any atom is -0.438 e. The van der Waals surface area contributed by atoms with E-state index in [1.165, 1.54) is 0 Å². The summed E-state index contributed by atoms with van der Waals surface area (Å²) < 4.78 is 11.1. The van der Waals surface area contributed by atoms with Crippen molar-refractivity contribution in [1.82, 2.24) is 4.98 Å². The fourth-order valence-corrected chi connectivity index (χ4v) is 1.51. The van der Waals surface area contributed by atoms with Crippen molar-refractivity contribution in [3.63, 3.8) is 0 Å². The maximum Gasteiger partial charge on any atom is 0.221 e. The van der Waals surface area contributed by atoms with Gasteiger partial charge in [0.2, 0.25) is 5.89 Å². The summed E-state index contributed by atoms with van der Waals surface area (Å²) in [5.41, 5.74) is 7.26. The Morgan fingerprint density at radius 3 is 2.76 bits per heavy atom. The van der Waals surface area contributed by atoms with Crippen molar-refractivity contribution in [2.75, 3.05) is 5.73 Å². The third-order valence-electron chi connectivity index (χ3n) is 2.18. The molecule has 0 aliphatic heterocycles. The number of nitrogens with zero attached hydrogens (tertiary/aromatic N) is 1. The van der Waals surface area contributed by atoms with Gasteiger partial charge in [-0.05, 0) is 26.8 Å². The second kappa shape index (κ2) is 4.20. The molecule has 4 nitrogen and oxygen atoms in total. The number of benzene rings is 1. The summed E-state index contributed by atoms with van der Waals surface area (Å²) in [5, 5.41) is 0.481. The van der Waals surface area contributed by atoms with E-state index in [2.05, 4.69) is 4.98 Å². The molecule has 0 bridgehead atoms. The molecule has 2 N–H and O–H groups in total. The highest BCUT2D eigenvalue weighted by molar-refractivity contribution is 6.33. The van der Waals surface area contributed by atoms with Crippen LogP contribution < -0.4 is 5.73 Å². The van der Waals surface area contributed by atoms with Crippen LogP contribution in [0.3, 0.4) is 0 Å². The van der Waals surface area contributed by atoms with Gasteiger partial charge in [0.1, 0.15) is 12.1 Å². The van der Waals surface area contributed by atoms with Gasteiger partial charge in [-0.25, -0.2) is 4.98 Å². The minimum atomic E-state index is -0.225. The number of hydrogen-bond acceptors (Lipinski definition) is 4. The summed E-state index contributed by atoms with van der Waals surface area (Å²) in [6, 6.07) is 3.36. The van der Waals surface area contributed by atoms with Gasteiger partial charge in [0.15, 0.2) is 5.58 Å². The smallest absolute Gasteiger partial charge is 0.221 e. The van der Waals surface area contributed by atoms with Gasteiger partial charge in [-0.3, -0.25) is 0 Å². The average Bonchev–Trinajstić information content (AvgIpc) is 2.57. The number of oxazole rings is 1. The van der Waals surface area contributed by atoms with Gasteiger partial charge in [0.05, 0.1) is 16.3 Å². The monoisotopic (exact) mass is 254 g/mol. The van der Waals surface area contributed by atoms with Crippen LogP contribution in [0.5, 0.6) is 0 Å². The Hall–Kier alpha value is -1.26. The number of rotatable bonds is 2. The first kappa shape index (κ1) is 12.2. The second-order valence-corrected chi connectivity index (χ2v) is 5.26. The third-order valence-corrected chi connectivity index (χ3v) is 2.51. The van der Waals surface area contributed by atoms with E-state index in [4.69, 9.17) is 26.5 Å². The number of aromatic nitrogens is 1. The Kier molecular flexibility index (Phi) is 3.02. The third kappa shape index (κ3) is 2.90. The van der Waals surface area contributed by atoms with Crippen molar-refractivity contribution in [2.45, 2.75) is 33.0 Å². The van der Waals surface area contributed by atoms with E-state index in [1.807, 2.05) is 20.8 Å². The molecule has 92 valence electrons. The quantitative estimate of drug-likeness (QED) is 0.835. The van der Waals surface area contributed by atoms with E-state index in [-0.39, 0.29) is 5.60 Å². The summed E-state index contributed by atoms with van der Waals surface area (Å²) in [6.45, 7) is 6.26. The number of anilines is 1. The molecule has 0 saturated heterocycles. The second-order valence-electron chi connectivity index (χ2n) is 4.85. The van der Waals surface area contributed by atoms with Crippen LogP contribution in [0.1, 0.15) is 26.7 Å². The maximum absolute atomic E-state index is 5.91. The topological polar surface area (TPSA) is 61.3 Å². The molecular weight excluding hydrogens is 240 g/mol. The molecule has 5 heteroatoms. The highest BCUT2D eigenvalue weighted by Gasteiger charge is 2.14. The van der Waals surface area contributed by atoms with Gasteiger partial charge >= 0.3 is 0 Å². The molecule has 2 rings (SSSR count). The Morgan fingerprint density at radius 2 is 2.12 bits per heavy atom. The zero-order valence-electron chi connectivity index (χ0n) is 10.1. The van der Waals surface area contributed by atoms with E-state index in [9.17, 15) is 0 Å². The van der Waals surface area contributed by atoms with Crippen LogP contribution in [0.2, 0.25) is 5.02 Å². The van der Waals surface area contributed by atoms with Crippen molar-refractivity contribution < 1.29 is 9.15 Å². The van der Waals surface area contributed by atoms with Gasteiger partial charge in [0, 0.05) is 6.07 Å². The average molecular weight is 255 g/mol. The Morgan fingerprint density at radius 1 is 1.41 bits per heavy atom. The first-order valence-corrected chi connectivity index (χ1v) is 5.71. The Balaban J connectivity index is 2.26. The van der Waals surface area contributed by atoms with Crippen LogP contribution >= 0.6 is 11.6 Å². The predicted octanol–water partition coefficient (Wildman–Crippen LogP) is 3.38. The maximum atomic E-state index is 5.91. The molecule has 0 unspecified atom stereocenters. The summed E-state index contributed by atoms with van der Waals surface area (Å²) >= 11 is 5.91. The summed E-state index contributed by atoms with van der Waals surface area (Å²) in [5.74, 6) is 0.525. The molecule has 2 aromatic rings. The molecule has 0 aliphatic rings. The molecule has 0 atom stereocenters. The molecule has 1 aromatic heterocycles. The lowest BCUT2D eigenvalue weighted by Gasteiger charge is -2.17. The fraction of sp³-hybridized carbons (Fsp3) is 0.417. The summed E-state index contributed by atoms with van der Waals surface area (Å²) in [6.07, 6.45) is 0. The summed E-state index contributed by atoms with van der Waals surface area (Å²) in [7, 11) is 0. The van der Waals surface area contributed by atoms with E-state index in [1.54, 1.807) is 12.1 Å². The minimum absolute atomic E-state index is 0.225. The number of fused-ring (bicyclic) bond motifs is 1. The van der Waals surface area contributed by atoms with Gasteiger partial charge < -0.3 is 14.9 Å². The van der Waals surface area contributed by atoms with Crippen LogP contribution in [0.25, 0.3) is 11.1 Å². The number of hydrogen-bond donors (Lipinski definition) is 1. The van der Waals surface area contributed by atoms with Gasteiger partial charge in [0.25, 0.3) is 0 Å². The predicted molar refractivity (Wildman–Crippen MR) is 68.0 cm³/mol. The van der Waals surface area contributed by atoms with E-state index in [0.717, 1.165) is 0 Å². The molecule has 0 spiro atoms. The molecule has 0 saturated carbocycles. The molecule has 1 heterocycles. The lowest BCUT2D eigenvalue weighted by atomic mass is 10.2. The lowest BCUT2D eigenvalue weighted by Crippen LogP contribution is -2.18. The van der Waals surface area contributed by atoms with Gasteiger partial charge in [-0.1, -0.05) is 11.6 Å². The van der Waals surface area contributed by atoms with E-state index >= 15 is 0 Å². The van der Waals surface area contributed by atoms with Crippen LogP contribution in [-0.4, -0.2) is 10.6 Å². The highest BCUT2D eigenvalue weighted by atomic mass is 35.5. The van der Waals surface area contributed by atoms with Gasteiger partial charge in [-0.2, -0.15) is 0 Å². The van der Waals surface area contributed by atoms with Crippen LogP contribution in [-0.2, 0) is 11.3 Å². The first-order chi connectivity index (χ1) is 7.85. The zero-order valence-corrected chi connectivity index (χ0v) is 10.8. The summed E-state index contributed by atoms with van der Waals surface area (Å²) in [4.78, 5) is 4.29. The number of nitrogen functional groups attached to an aromatic ring is 1. The molecule has 1 aromatic carbocycles. The van der Waals surface area contributed by atoms with E-state index in [0.29, 0.717) is 34.3 Å². The SMILES string of the molecule is CC(C)(C)OCc1nc2cc(Cl)c(N)cc2o1. The molecule has 17 heavy (non-hydrogen) atoms. The van der Waals surface area contributed by atoms with Crippen molar-refractivity contribution in [2.24, 2.45) is 0 Å². The number of ether oxygens (including phenoxy) is 1. The first-order valence-electron chi connectivity index (χ1n) is 5.33. The Labute approximate surface area is 105 Å². The zero-order chi connectivity index (χ0) is 12.6. The normalized spacial score (nSPS) is 12.2. The molecule has 0 aliphatic carbocycles. The van der Waals surface area contributed by atoms with E-state index < -0.39 is 0 Å². The highest BCUT2D eigenvalue weighted by Crippen LogP contribution is 2.26. The van der Waals surface area contributed by atoms with Crippen molar-refractivity contribution in [3.8, 4) is 0 Å². The standard InChI is InChI=1S/C12H15ClN2O2/c1-12(2,3)16-6-11-15-9-4-7(13)8(14)5-10(9)17-11/h4-5H,6,14H2,1-3H3. The molecule has 0 amide bonds. The molecular formula is C12H15ClN2O2. The molecule has 0 fully saturated rings. The number of nitrogens with two attached hydrogens (primary N) is 1. The van der Waals surface area contributed by atoms with Crippen LogP contribution in [0.4, 0.5) is 5.69 Å². The van der Waals surface area contributed by atoms with Crippen molar-refractivity contribution in [1.29, 1.82) is 0 Å². The van der Waals surface area contributed by atoms with Crippen LogP contribution in [0.15, 0.2) is 16.5 Å². The van der Waals surface area contributed by atoms with Crippen molar-refractivity contribution in [3.05, 3.63) is 23.0 Å². The van der Waals surface area contributed by atoms with Crippen molar-refractivity contribution >= 4 is 28.4 Å². The van der Waals surface area contributed by atoms with Gasteiger partial charge in [-0.15, -0.1) is 0 Å². The largest absolute Gasteiger partial charge is 0.438 e. The number of halogens is 1. The van der Waals surface area contributed by atoms with Crippen LogP contribution in [0, 0.1) is 0 Å². The lowest BCUT2D eigenvalue weighted by molar-refractivity contribution is -0.0238.